The van der Waals surface area contributed by atoms with Gasteiger partial charge in [0.15, 0.2) is 5.69 Å². The average molecular weight is 429 g/mol. The van der Waals surface area contributed by atoms with Crippen LogP contribution in [-0.2, 0) is 0 Å². The maximum Gasteiger partial charge on any atom is 0.171 e. The number of rotatable bonds is 6. The fraction of sp³-hybridized carbons (Fsp3) is 0. The molecule has 3 N–H and O–H groups in total. The molecule has 5 aromatic carbocycles. The van der Waals surface area contributed by atoms with Gasteiger partial charge >= 0.3 is 0 Å². The van der Waals surface area contributed by atoms with Gasteiger partial charge in [-0.25, -0.2) is 0 Å². The molecule has 0 amide bonds. The van der Waals surface area contributed by atoms with E-state index < -0.39 is 0 Å². The van der Waals surface area contributed by atoms with Crippen molar-refractivity contribution in [1.29, 1.82) is 0 Å². The lowest BCUT2D eigenvalue weighted by atomic mass is 10.0. The normalized spacial score (nSPS) is 11.2. The van der Waals surface area contributed by atoms with Crippen LogP contribution in [0.5, 0.6) is 0 Å². The van der Waals surface area contributed by atoms with Gasteiger partial charge in [0.25, 0.3) is 0 Å². The van der Waals surface area contributed by atoms with Crippen molar-refractivity contribution in [3.63, 3.8) is 0 Å². The van der Waals surface area contributed by atoms with E-state index >= 15 is 0 Å². The molecule has 0 aromatic heterocycles. The number of para-hydroxylation sites is 5. The molecule has 0 fully saturated rings. The molecule has 0 aliphatic carbocycles. The Morgan fingerprint density at radius 2 is 0.909 bits per heavy atom. The van der Waals surface area contributed by atoms with E-state index in [-0.39, 0.29) is 0 Å². The van der Waals surface area contributed by atoms with Crippen LogP contribution in [0, 0.1) is 0 Å². The zero-order valence-electron chi connectivity index (χ0n) is 18.3. The summed E-state index contributed by atoms with van der Waals surface area (Å²) in [5.74, 6) is 0. The number of anilines is 3. The van der Waals surface area contributed by atoms with Crippen LogP contribution in [0.1, 0.15) is 0 Å². The molecule has 0 unspecified atom stereocenters. The molecule has 0 saturated heterocycles. The first-order valence-electron chi connectivity index (χ1n) is 11.1. The quantitative estimate of drug-likeness (QED) is 0.211. The molecule has 0 spiro atoms. The fourth-order valence-electron chi connectivity index (χ4n) is 4.41. The van der Waals surface area contributed by atoms with Crippen molar-refractivity contribution >= 4 is 39.8 Å². The maximum absolute atomic E-state index is 6.10. The van der Waals surface area contributed by atoms with Gasteiger partial charge in [0.1, 0.15) is 22.7 Å². The summed E-state index contributed by atoms with van der Waals surface area (Å²) in [7, 11) is 0. The van der Waals surface area contributed by atoms with E-state index in [0.29, 0.717) is 4.48 Å². The Balaban J connectivity index is 1.85. The van der Waals surface area contributed by atoms with Gasteiger partial charge in [0.05, 0.1) is 0 Å². The van der Waals surface area contributed by atoms with E-state index in [4.69, 9.17) is 5.73 Å². The number of nitrogens with one attached hydrogen (secondary N) is 1. The van der Waals surface area contributed by atoms with Gasteiger partial charge in [0.2, 0.25) is 0 Å². The van der Waals surface area contributed by atoms with Crippen LogP contribution in [0.2, 0.25) is 0 Å². The predicted octanol–water partition coefficient (Wildman–Crippen LogP) is 8.31. The molecule has 5 rings (SSSR count). The Labute approximate surface area is 195 Å². The second-order valence-corrected chi connectivity index (χ2v) is 7.94. The first-order valence-corrected chi connectivity index (χ1v) is 11.1. The molecule has 3 heteroatoms. The van der Waals surface area contributed by atoms with Gasteiger partial charge in [-0.1, -0.05) is 66.7 Å². The van der Waals surface area contributed by atoms with Crippen molar-refractivity contribution in [3.8, 4) is 0 Å². The Morgan fingerprint density at radius 1 is 0.455 bits per heavy atom. The van der Waals surface area contributed by atoms with E-state index in [0.717, 1.165) is 39.8 Å². The van der Waals surface area contributed by atoms with Crippen LogP contribution < -0.4 is 15.5 Å². The molecule has 0 saturated carbocycles. The first kappa shape index (κ1) is 20.6. The summed E-state index contributed by atoms with van der Waals surface area (Å²) in [6, 6.07) is 48.2. The zero-order chi connectivity index (χ0) is 22.5. The van der Waals surface area contributed by atoms with Crippen LogP contribution in [0.25, 0.3) is 0 Å². The van der Waals surface area contributed by atoms with Crippen molar-refractivity contribution in [2.24, 2.45) is 0 Å². The summed E-state index contributed by atoms with van der Waals surface area (Å²) >= 11 is 0. The highest BCUT2D eigenvalue weighted by Crippen LogP contribution is 2.54. The molecule has 0 bridgehead atoms. The second kappa shape index (κ2) is 9.03. The SMILES string of the molecule is Nc1ccc([N+](c2ccccc2)(c2ccccc2)c2ccccc2Nc2ccccc2)cc1. The summed E-state index contributed by atoms with van der Waals surface area (Å²) in [6.07, 6.45) is 0. The topological polar surface area (TPSA) is 38.0 Å². The number of benzene rings is 5. The van der Waals surface area contributed by atoms with Crippen molar-refractivity contribution in [1.82, 2.24) is 4.48 Å². The van der Waals surface area contributed by atoms with Crippen molar-refractivity contribution in [2.45, 2.75) is 0 Å². The summed E-state index contributed by atoms with van der Waals surface area (Å²) in [5.41, 5.74) is 13.4. The summed E-state index contributed by atoms with van der Waals surface area (Å²) < 4.78 is 0.415. The third-order valence-electron chi connectivity index (χ3n) is 5.89. The molecule has 0 aliphatic rings. The highest BCUT2D eigenvalue weighted by atomic mass is 15.4. The Kier molecular flexibility index (Phi) is 5.62. The van der Waals surface area contributed by atoms with Gasteiger partial charge in [-0.15, -0.1) is 0 Å². The standard InChI is InChI=1S/C30H26N3/c31-24-20-22-28(23-21-24)33(26-14-6-2-7-15-26,27-16-8-3-9-17-27)30-19-11-10-18-29(30)32-25-12-4-1-5-13-25/h1-23,32H,31H2/q+1. The summed E-state index contributed by atoms with van der Waals surface area (Å²) in [6.45, 7) is 0. The lowest BCUT2D eigenvalue weighted by Crippen LogP contribution is -2.33. The average Bonchev–Trinajstić information content (AvgIpc) is 2.88. The van der Waals surface area contributed by atoms with Gasteiger partial charge in [-0.2, -0.15) is 4.48 Å². The van der Waals surface area contributed by atoms with Crippen LogP contribution in [-0.4, -0.2) is 0 Å². The number of nitrogen functional groups attached to an aromatic ring is 1. The van der Waals surface area contributed by atoms with Gasteiger partial charge in [-0.3, -0.25) is 0 Å². The summed E-state index contributed by atoms with van der Waals surface area (Å²) in [4.78, 5) is 0. The van der Waals surface area contributed by atoms with Crippen LogP contribution in [0.4, 0.5) is 39.8 Å². The fourth-order valence-corrected chi connectivity index (χ4v) is 4.41. The monoisotopic (exact) mass is 428 g/mol. The number of nitrogens with two attached hydrogens (primary N) is 1. The Hall–Kier alpha value is -4.34. The van der Waals surface area contributed by atoms with Crippen LogP contribution in [0.3, 0.4) is 0 Å². The number of nitrogens with zero attached hydrogens (tertiary/aromatic N) is 1. The third-order valence-corrected chi connectivity index (χ3v) is 5.89. The highest BCUT2D eigenvalue weighted by Gasteiger charge is 2.40. The van der Waals surface area contributed by atoms with Gasteiger partial charge in [0, 0.05) is 53.8 Å². The molecular formula is C30H26N3+. The van der Waals surface area contributed by atoms with E-state index in [1.807, 2.05) is 30.3 Å². The maximum atomic E-state index is 6.10. The number of quaternary nitrogens is 1. The number of hydrogen-bond acceptors (Lipinski definition) is 2. The number of hydrogen-bond donors (Lipinski definition) is 2. The minimum absolute atomic E-state index is 0.415. The Morgan fingerprint density at radius 3 is 1.48 bits per heavy atom. The molecule has 3 nitrogen and oxygen atoms in total. The van der Waals surface area contributed by atoms with Crippen molar-refractivity contribution in [2.75, 3.05) is 11.1 Å². The Bertz CT molecular complexity index is 1280. The van der Waals surface area contributed by atoms with E-state index in [2.05, 4.69) is 115 Å². The van der Waals surface area contributed by atoms with Gasteiger partial charge in [-0.05, 0) is 30.3 Å². The minimum Gasteiger partial charge on any atom is -0.399 e. The lowest BCUT2D eigenvalue weighted by molar-refractivity contribution is 0.705. The molecule has 0 atom stereocenters. The van der Waals surface area contributed by atoms with Crippen LogP contribution >= 0.6 is 0 Å². The molecule has 0 heterocycles. The second-order valence-electron chi connectivity index (χ2n) is 7.94. The largest absolute Gasteiger partial charge is 0.399 e. The van der Waals surface area contributed by atoms with Crippen molar-refractivity contribution in [3.05, 3.63) is 140 Å². The molecule has 160 valence electrons. The molecular weight excluding hydrogens is 402 g/mol. The van der Waals surface area contributed by atoms with Crippen LogP contribution in [0.15, 0.2) is 140 Å². The highest BCUT2D eigenvalue weighted by molar-refractivity contribution is 5.89. The summed E-state index contributed by atoms with van der Waals surface area (Å²) in [5, 5.41) is 3.66. The van der Waals surface area contributed by atoms with E-state index in [1.54, 1.807) is 0 Å². The molecule has 33 heavy (non-hydrogen) atoms. The first-order chi connectivity index (χ1) is 16.3. The van der Waals surface area contributed by atoms with Gasteiger partial charge < -0.3 is 11.1 Å². The predicted molar refractivity (Wildman–Crippen MR) is 141 cm³/mol. The zero-order valence-corrected chi connectivity index (χ0v) is 18.3. The smallest absolute Gasteiger partial charge is 0.171 e. The molecule has 0 aliphatic heterocycles. The third kappa shape index (κ3) is 3.86. The minimum atomic E-state index is 0.415. The van der Waals surface area contributed by atoms with E-state index in [9.17, 15) is 0 Å². The van der Waals surface area contributed by atoms with E-state index in [1.165, 1.54) is 0 Å². The molecule has 5 aromatic rings. The lowest BCUT2D eigenvalue weighted by Gasteiger charge is -2.38. The molecule has 0 radical (unpaired) electrons. The van der Waals surface area contributed by atoms with Crippen molar-refractivity contribution < 1.29 is 0 Å².